The summed E-state index contributed by atoms with van der Waals surface area (Å²) in [6.07, 6.45) is 4.09. The van der Waals surface area contributed by atoms with Crippen molar-refractivity contribution in [3.63, 3.8) is 0 Å². The molecule has 7 heteroatoms. The Morgan fingerprint density at radius 2 is 2.00 bits per heavy atom. The smallest absolute Gasteiger partial charge is 0.212 e. The quantitative estimate of drug-likeness (QED) is 0.555. The number of aromatic amines is 1. The second kappa shape index (κ2) is 6.62. The standard InChI is InChI=1S/C16H13FN4OS/c1-23-16-20-14(10-2-4-12(17)5-3-10)15(21-16)11-6-7-18-13(8-11)19-9-22/h2-9H,1H3,(H,20,21)(H,18,19,22). The van der Waals surface area contributed by atoms with Gasteiger partial charge in [0.1, 0.15) is 11.6 Å². The highest BCUT2D eigenvalue weighted by Crippen LogP contribution is 2.32. The third kappa shape index (κ3) is 3.24. The SMILES string of the molecule is CSc1nc(-c2ccnc(NC=O)c2)c(-c2ccc(F)cc2)[nH]1. The predicted octanol–water partition coefficient (Wildman–Crippen LogP) is 3.57. The average Bonchev–Trinajstić information content (AvgIpc) is 3.00. The van der Waals surface area contributed by atoms with Gasteiger partial charge >= 0.3 is 0 Å². The van der Waals surface area contributed by atoms with E-state index >= 15 is 0 Å². The van der Waals surface area contributed by atoms with E-state index in [9.17, 15) is 9.18 Å². The maximum absolute atomic E-state index is 13.2. The molecule has 116 valence electrons. The highest BCUT2D eigenvalue weighted by molar-refractivity contribution is 7.98. The second-order valence-corrected chi connectivity index (χ2v) is 5.46. The van der Waals surface area contributed by atoms with E-state index in [4.69, 9.17) is 0 Å². The van der Waals surface area contributed by atoms with Crippen LogP contribution < -0.4 is 5.32 Å². The lowest BCUT2D eigenvalue weighted by Gasteiger charge is -2.05. The Labute approximate surface area is 136 Å². The summed E-state index contributed by atoms with van der Waals surface area (Å²) in [4.78, 5) is 22.4. The summed E-state index contributed by atoms with van der Waals surface area (Å²) in [5.41, 5.74) is 3.14. The van der Waals surface area contributed by atoms with Crippen LogP contribution in [0, 0.1) is 5.82 Å². The van der Waals surface area contributed by atoms with Gasteiger partial charge in [0.05, 0.1) is 11.4 Å². The number of aromatic nitrogens is 3. The van der Waals surface area contributed by atoms with Crippen molar-refractivity contribution in [1.29, 1.82) is 0 Å². The third-order valence-corrected chi connectivity index (χ3v) is 3.83. The Balaban J connectivity index is 2.11. The highest BCUT2D eigenvalue weighted by Gasteiger charge is 2.14. The van der Waals surface area contributed by atoms with Gasteiger partial charge in [-0.05, 0) is 42.7 Å². The lowest BCUT2D eigenvalue weighted by Crippen LogP contribution is -1.96. The molecule has 0 atom stereocenters. The molecule has 5 nitrogen and oxygen atoms in total. The minimum atomic E-state index is -0.290. The van der Waals surface area contributed by atoms with Crippen LogP contribution in [0.4, 0.5) is 10.2 Å². The number of hydrogen-bond donors (Lipinski definition) is 2. The molecular formula is C16H13FN4OS. The number of carbonyl (C=O) groups is 1. The largest absolute Gasteiger partial charge is 0.332 e. The molecule has 3 rings (SSSR count). The van der Waals surface area contributed by atoms with E-state index < -0.39 is 0 Å². The summed E-state index contributed by atoms with van der Waals surface area (Å²) in [6, 6.07) is 9.75. The van der Waals surface area contributed by atoms with Crippen molar-refractivity contribution in [1.82, 2.24) is 15.0 Å². The van der Waals surface area contributed by atoms with Crippen molar-refractivity contribution in [3.8, 4) is 22.5 Å². The third-order valence-electron chi connectivity index (χ3n) is 3.25. The molecule has 0 unspecified atom stereocenters. The van der Waals surface area contributed by atoms with Crippen LogP contribution in [0.15, 0.2) is 47.8 Å². The molecule has 2 aromatic heterocycles. The van der Waals surface area contributed by atoms with Crippen LogP contribution in [-0.2, 0) is 4.79 Å². The van der Waals surface area contributed by atoms with Gasteiger partial charge in [0, 0.05) is 17.3 Å². The van der Waals surface area contributed by atoms with Gasteiger partial charge in [0.15, 0.2) is 5.16 Å². The number of H-pyrrole nitrogens is 1. The molecule has 0 bridgehead atoms. The lowest BCUT2D eigenvalue weighted by molar-refractivity contribution is -0.105. The number of hydrogen-bond acceptors (Lipinski definition) is 4. The average molecular weight is 328 g/mol. The molecule has 0 aliphatic heterocycles. The van der Waals surface area contributed by atoms with E-state index in [0.29, 0.717) is 12.2 Å². The van der Waals surface area contributed by atoms with Gasteiger partial charge in [-0.3, -0.25) is 4.79 Å². The predicted molar refractivity (Wildman–Crippen MR) is 88.7 cm³/mol. The first-order valence-electron chi connectivity index (χ1n) is 6.78. The van der Waals surface area contributed by atoms with E-state index in [2.05, 4.69) is 20.3 Å². The normalized spacial score (nSPS) is 10.5. The fourth-order valence-electron chi connectivity index (χ4n) is 2.20. The van der Waals surface area contributed by atoms with Crippen LogP contribution in [-0.4, -0.2) is 27.6 Å². The zero-order valence-electron chi connectivity index (χ0n) is 12.2. The number of thioether (sulfide) groups is 1. The fraction of sp³-hybridized carbons (Fsp3) is 0.0625. The van der Waals surface area contributed by atoms with E-state index in [0.717, 1.165) is 27.7 Å². The number of rotatable bonds is 5. The lowest BCUT2D eigenvalue weighted by atomic mass is 10.1. The van der Waals surface area contributed by atoms with Crippen LogP contribution in [0.2, 0.25) is 0 Å². The van der Waals surface area contributed by atoms with Crippen molar-refractivity contribution in [3.05, 3.63) is 48.4 Å². The number of amides is 1. The molecule has 0 aliphatic rings. The Bertz CT molecular complexity index is 832. The summed E-state index contributed by atoms with van der Waals surface area (Å²) < 4.78 is 13.2. The number of benzene rings is 1. The Morgan fingerprint density at radius 3 is 2.70 bits per heavy atom. The number of pyridine rings is 1. The molecule has 0 fully saturated rings. The minimum Gasteiger partial charge on any atom is -0.332 e. The van der Waals surface area contributed by atoms with Crippen molar-refractivity contribution >= 4 is 24.0 Å². The highest BCUT2D eigenvalue weighted by atomic mass is 32.2. The van der Waals surface area contributed by atoms with Gasteiger partial charge in [-0.1, -0.05) is 11.8 Å². The van der Waals surface area contributed by atoms with Gasteiger partial charge in [0.25, 0.3) is 0 Å². The van der Waals surface area contributed by atoms with Crippen LogP contribution in [0.1, 0.15) is 0 Å². The molecule has 2 N–H and O–H groups in total. The number of imidazole rings is 1. The molecule has 0 aliphatic carbocycles. The van der Waals surface area contributed by atoms with Crippen LogP contribution in [0.5, 0.6) is 0 Å². The van der Waals surface area contributed by atoms with Crippen molar-refractivity contribution in [2.24, 2.45) is 0 Å². The Morgan fingerprint density at radius 1 is 1.22 bits per heavy atom. The molecule has 1 aromatic carbocycles. The van der Waals surface area contributed by atoms with Gasteiger partial charge in [-0.15, -0.1) is 0 Å². The fourth-order valence-corrected chi connectivity index (χ4v) is 2.59. The Hall–Kier alpha value is -2.67. The molecule has 23 heavy (non-hydrogen) atoms. The first-order chi connectivity index (χ1) is 11.2. The summed E-state index contributed by atoms with van der Waals surface area (Å²) in [6.45, 7) is 0. The van der Waals surface area contributed by atoms with E-state index in [-0.39, 0.29) is 5.82 Å². The van der Waals surface area contributed by atoms with Crippen molar-refractivity contribution < 1.29 is 9.18 Å². The van der Waals surface area contributed by atoms with Gasteiger partial charge < -0.3 is 10.3 Å². The first kappa shape index (κ1) is 15.2. The van der Waals surface area contributed by atoms with Crippen LogP contribution in [0.3, 0.4) is 0 Å². The Kier molecular flexibility index (Phi) is 4.38. The molecule has 0 saturated carbocycles. The first-order valence-corrected chi connectivity index (χ1v) is 8.00. The zero-order valence-corrected chi connectivity index (χ0v) is 13.0. The van der Waals surface area contributed by atoms with Crippen LogP contribution in [0.25, 0.3) is 22.5 Å². The summed E-state index contributed by atoms with van der Waals surface area (Å²) in [5.74, 6) is 0.151. The van der Waals surface area contributed by atoms with Gasteiger partial charge in [0.2, 0.25) is 6.41 Å². The van der Waals surface area contributed by atoms with Crippen LogP contribution >= 0.6 is 11.8 Å². The number of nitrogens with one attached hydrogen (secondary N) is 2. The number of nitrogens with zero attached hydrogens (tertiary/aromatic N) is 2. The molecule has 0 saturated heterocycles. The number of halogens is 1. The zero-order chi connectivity index (χ0) is 16.2. The molecule has 3 aromatic rings. The topological polar surface area (TPSA) is 70.7 Å². The maximum Gasteiger partial charge on any atom is 0.212 e. The molecule has 2 heterocycles. The number of carbonyl (C=O) groups excluding carboxylic acids is 1. The van der Waals surface area contributed by atoms with Gasteiger partial charge in [-0.25, -0.2) is 14.4 Å². The van der Waals surface area contributed by atoms with Crippen molar-refractivity contribution in [2.75, 3.05) is 11.6 Å². The summed E-state index contributed by atoms with van der Waals surface area (Å²) >= 11 is 1.48. The molecule has 0 spiro atoms. The van der Waals surface area contributed by atoms with E-state index in [1.165, 1.54) is 23.9 Å². The van der Waals surface area contributed by atoms with Gasteiger partial charge in [-0.2, -0.15) is 0 Å². The molecular weight excluding hydrogens is 315 g/mol. The number of anilines is 1. The summed E-state index contributed by atoms with van der Waals surface area (Å²) in [5, 5.41) is 3.27. The second-order valence-electron chi connectivity index (χ2n) is 4.67. The monoisotopic (exact) mass is 328 g/mol. The summed E-state index contributed by atoms with van der Waals surface area (Å²) in [7, 11) is 0. The van der Waals surface area contributed by atoms with E-state index in [1.807, 2.05) is 12.3 Å². The minimum absolute atomic E-state index is 0.290. The molecule has 0 radical (unpaired) electrons. The maximum atomic E-state index is 13.2. The van der Waals surface area contributed by atoms with Crippen molar-refractivity contribution in [2.45, 2.75) is 5.16 Å². The molecule has 1 amide bonds. The van der Waals surface area contributed by atoms with E-state index in [1.54, 1.807) is 24.4 Å².